The molecule has 2 aromatic carbocycles. The average Bonchev–Trinajstić information content (AvgIpc) is 3.14. The number of halogens is 2. The molecule has 0 aliphatic carbocycles. The van der Waals surface area contributed by atoms with Crippen LogP contribution in [-0.4, -0.2) is 27.3 Å². The van der Waals surface area contributed by atoms with Crippen molar-refractivity contribution in [3.05, 3.63) is 64.8 Å². The van der Waals surface area contributed by atoms with Gasteiger partial charge in [0.2, 0.25) is 11.8 Å². The number of rotatable bonds is 6. The normalized spacial score (nSPS) is 12.0. The zero-order valence-corrected chi connectivity index (χ0v) is 15.2. The van der Waals surface area contributed by atoms with Crippen LogP contribution in [0.2, 0.25) is 5.02 Å². The number of aliphatic hydroxyl groups excluding tert-OH is 1. The van der Waals surface area contributed by atoms with Crippen molar-refractivity contribution in [2.75, 3.05) is 5.32 Å². The highest BCUT2D eigenvalue weighted by Gasteiger charge is 2.20. The van der Waals surface area contributed by atoms with Crippen LogP contribution in [0.1, 0.15) is 18.4 Å². The zero-order chi connectivity index (χ0) is 19.4. The molecule has 3 rings (SSSR count). The minimum atomic E-state index is -1.46. The molecule has 8 heteroatoms. The number of amides is 1. The van der Waals surface area contributed by atoms with Gasteiger partial charge in [0.05, 0.1) is 0 Å². The number of hydrogen-bond acceptors (Lipinski definition) is 5. The van der Waals surface area contributed by atoms with Gasteiger partial charge in [-0.15, -0.1) is 10.2 Å². The lowest BCUT2D eigenvalue weighted by Crippen LogP contribution is -2.30. The van der Waals surface area contributed by atoms with Crippen molar-refractivity contribution in [1.29, 1.82) is 0 Å². The molecule has 140 valence electrons. The van der Waals surface area contributed by atoms with Crippen molar-refractivity contribution in [2.24, 2.45) is 0 Å². The topological polar surface area (TPSA) is 88.2 Å². The molecule has 3 aromatic rings. The molecule has 1 amide bonds. The Morgan fingerprint density at radius 1 is 1.30 bits per heavy atom. The fraction of sp³-hybridized carbons (Fsp3) is 0.211. The van der Waals surface area contributed by atoms with Crippen molar-refractivity contribution in [3.8, 4) is 11.5 Å². The van der Waals surface area contributed by atoms with Crippen LogP contribution in [0, 0.1) is 5.82 Å². The van der Waals surface area contributed by atoms with E-state index in [-0.39, 0.29) is 17.0 Å². The molecule has 1 atom stereocenters. The van der Waals surface area contributed by atoms with E-state index in [0.29, 0.717) is 29.5 Å². The predicted octanol–water partition coefficient (Wildman–Crippen LogP) is 3.63. The summed E-state index contributed by atoms with van der Waals surface area (Å²) < 4.78 is 19.3. The van der Waals surface area contributed by atoms with E-state index in [0.717, 1.165) is 0 Å². The van der Waals surface area contributed by atoms with Gasteiger partial charge in [-0.2, -0.15) is 0 Å². The maximum atomic E-state index is 13.8. The van der Waals surface area contributed by atoms with E-state index in [9.17, 15) is 14.3 Å². The fourth-order valence-corrected chi connectivity index (χ4v) is 2.72. The number of aryl methyl sites for hydroxylation is 1. The van der Waals surface area contributed by atoms with Gasteiger partial charge in [0.15, 0.2) is 0 Å². The summed E-state index contributed by atoms with van der Waals surface area (Å²) in [5.41, 5.74) is 1.16. The lowest BCUT2D eigenvalue weighted by Gasteiger charge is -2.13. The molecule has 0 aliphatic heterocycles. The van der Waals surface area contributed by atoms with E-state index < -0.39 is 17.8 Å². The van der Waals surface area contributed by atoms with Crippen LogP contribution in [0.4, 0.5) is 10.1 Å². The Kier molecular flexibility index (Phi) is 5.83. The number of nitrogens with one attached hydrogen (secondary N) is 1. The number of aliphatic hydroxyl groups is 1. The van der Waals surface area contributed by atoms with Crippen LogP contribution in [0.3, 0.4) is 0 Å². The molecule has 0 bridgehead atoms. The molecule has 6 nitrogen and oxygen atoms in total. The van der Waals surface area contributed by atoms with Crippen LogP contribution in [0.15, 0.2) is 46.9 Å². The Bertz CT molecular complexity index is 941. The maximum absolute atomic E-state index is 13.8. The second kappa shape index (κ2) is 8.28. The van der Waals surface area contributed by atoms with Crippen LogP contribution in [-0.2, 0) is 17.6 Å². The van der Waals surface area contributed by atoms with E-state index in [1.54, 1.807) is 24.3 Å². The molecule has 1 aromatic heterocycles. The van der Waals surface area contributed by atoms with Crippen molar-refractivity contribution in [2.45, 2.75) is 25.9 Å². The van der Waals surface area contributed by atoms with E-state index in [4.69, 9.17) is 16.0 Å². The third kappa shape index (κ3) is 4.50. The van der Waals surface area contributed by atoms with Crippen LogP contribution >= 0.6 is 11.6 Å². The summed E-state index contributed by atoms with van der Waals surface area (Å²) >= 11 is 5.93. The highest BCUT2D eigenvalue weighted by molar-refractivity contribution is 6.31. The summed E-state index contributed by atoms with van der Waals surface area (Å²) in [5.74, 6) is -0.399. The molecule has 27 heavy (non-hydrogen) atoms. The first-order valence-corrected chi connectivity index (χ1v) is 8.70. The molecule has 0 aliphatic rings. The van der Waals surface area contributed by atoms with Crippen molar-refractivity contribution < 1.29 is 18.7 Å². The predicted molar refractivity (Wildman–Crippen MR) is 98.9 cm³/mol. The second-order valence-electron chi connectivity index (χ2n) is 5.84. The molecule has 1 heterocycles. The van der Waals surface area contributed by atoms with Gasteiger partial charge in [0, 0.05) is 34.7 Å². The summed E-state index contributed by atoms with van der Waals surface area (Å²) in [6, 6.07) is 11.0. The molecular weight excluding hydrogens is 373 g/mol. The van der Waals surface area contributed by atoms with Gasteiger partial charge in [0.1, 0.15) is 11.9 Å². The van der Waals surface area contributed by atoms with Crippen LogP contribution in [0.5, 0.6) is 0 Å². The van der Waals surface area contributed by atoms with Gasteiger partial charge in [-0.1, -0.05) is 30.7 Å². The number of benzene rings is 2. The number of carbonyl (C=O) groups is 1. The number of hydrogen-bond donors (Lipinski definition) is 2. The van der Waals surface area contributed by atoms with E-state index >= 15 is 0 Å². The Morgan fingerprint density at radius 3 is 2.78 bits per heavy atom. The Morgan fingerprint density at radius 2 is 2.07 bits per heavy atom. The zero-order valence-electron chi connectivity index (χ0n) is 14.4. The summed E-state index contributed by atoms with van der Waals surface area (Å²) in [7, 11) is 0. The van der Waals surface area contributed by atoms with Crippen molar-refractivity contribution in [3.63, 3.8) is 0 Å². The minimum Gasteiger partial charge on any atom is -0.421 e. The van der Waals surface area contributed by atoms with Crippen molar-refractivity contribution >= 4 is 23.2 Å². The first kappa shape index (κ1) is 19.0. The van der Waals surface area contributed by atoms with Gasteiger partial charge in [0.25, 0.3) is 5.91 Å². The number of aromatic nitrogens is 2. The number of nitrogens with zero attached hydrogens (tertiary/aromatic N) is 2. The highest BCUT2D eigenvalue weighted by Crippen LogP contribution is 2.23. The Balaban J connectivity index is 1.71. The fourth-order valence-electron chi connectivity index (χ4n) is 2.48. The third-order valence-corrected chi connectivity index (χ3v) is 4.26. The summed E-state index contributed by atoms with van der Waals surface area (Å²) in [6.07, 6.45) is -1.08. The van der Waals surface area contributed by atoms with Crippen molar-refractivity contribution in [1.82, 2.24) is 10.2 Å². The maximum Gasteiger partial charge on any atom is 0.253 e. The standard InChI is InChI=1S/C19H17ClFN3O3/c1-2-17-23-24-19(27-17)11-5-3-6-12(9-11)22-18(26)16(25)10-13-14(20)7-4-8-15(13)21/h3-9,16,25H,2,10H2,1H3,(H,22,26). The molecule has 0 saturated carbocycles. The van der Waals surface area contributed by atoms with Gasteiger partial charge in [-0.05, 0) is 30.3 Å². The molecule has 1 unspecified atom stereocenters. The molecule has 0 fully saturated rings. The van der Waals surface area contributed by atoms with Crippen LogP contribution in [0.25, 0.3) is 11.5 Å². The number of anilines is 1. The lowest BCUT2D eigenvalue weighted by molar-refractivity contribution is -0.123. The first-order chi connectivity index (χ1) is 13.0. The molecule has 2 N–H and O–H groups in total. The van der Waals surface area contributed by atoms with Gasteiger partial charge in [-0.25, -0.2) is 4.39 Å². The van der Waals surface area contributed by atoms with E-state index in [1.165, 1.54) is 18.2 Å². The largest absolute Gasteiger partial charge is 0.421 e. The minimum absolute atomic E-state index is 0.0912. The summed E-state index contributed by atoms with van der Waals surface area (Å²) in [4.78, 5) is 12.3. The average molecular weight is 390 g/mol. The quantitative estimate of drug-likeness (QED) is 0.672. The third-order valence-electron chi connectivity index (χ3n) is 3.91. The molecule has 0 saturated heterocycles. The molecule has 0 spiro atoms. The Labute approximate surface area is 160 Å². The lowest BCUT2D eigenvalue weighted by atomic mass is 10.1. The van der Waals surface area contributed by atoms with E-state index in [2.05, 4.69) is 15.5 Å². The summed E-state index contributed by atoms with van der Waals surface area (Å²) in [6.45, 7) is 1.90. The molecular formula is C19H17ClFN3O3. The monoisotopic (exact) mass is 389 g/mol. The smallest absolute Gasteiger partial charge is 0.253 e. The Hall–Kier alpha value is -2.77. The van der Waals surface area contributed by atoms with Gasteiger partial charge < -0.3 is 14.8 Å². The molecule has 0 radical (unpaired) electrons. The SMILES string of the molecule is CCc1nnc(-c2cccc(NC(=O)C(O)Cc3c(F)cccc3Cl)c2)o1. The second-order valence-corrected chi connectivity index (χ2v) is 6.25. The highest BCUT2D eigenvalue weighted by atomic mass is 35.5. The summed E-state index contributed by atoms with van der Waals surface area (Å²) in [5, 5.41) is 20.7. The number of carbonyl (C=O) groups excluding carboxylic acids is 1. The first-order valence-electron chi connectivity index (χ1n) is 8.32. The van der Waals surface area contributed by atoms with Crippen LogP contribution < -0.4 is 5.32 Å². The van der Waals surface area contributed by atoms with E-state index in [1.807, 2.05) is 6.92 Å². The van der Waals surface area contributed by atoms with Gasteiger partial charge >= 0.3 is 0 Å². The van der Waals surface area contributed by atoms with Gasteiger partial charge in [-0.3, -0.25) is 4.79 Å².